The molecule has 9 heteroatoms. The maximum absolute atomic E-state index is 11.9. The van der Waals surface area contributed by atoms with Gasteiger partial charge in [-0.05, 0) is 52.3 Å². The van der Waals surface area contributed by atoms with Gasteiger partial charge in [-0.2, -0.15) is 0 Å². The van der Waals surface area contributed by atoms with Gasteiger partial charge in [0.2, 0.25) is 0 Å². The second kappa shape index (κ2) is 6.23. The molecule has 0 aliphatic carbocycles. The van der Waals surface area contributed by atoms with Crippen molar-refractivity contribution in [3.63, 3.8) is 0 Å². The summed E-state index contributed by atoms with van der Waals surface area (Å²) in [5.41, 5.74) is 2.43. The highest BCUT2D eigenvalue weighted by atomic mass is 79.9. The average molecular weight is 396 g/mol. The number of sulfonamides is 1. The maximum Gasteiger partial charge on any atom is 0.266 e. The van der Waals surface area contributed by atoms with E-state index in [4.69, 9.17) is 11.6 Å². The van der Waals surface area contributed by atoms with E-state index in [2.05, 4.69) is 21.4 Å². The van der Waals surface area contributed by atoms with Gasteiger partial charge in [-0.15, -0.1) is 16.2 Å². The first-order valence-corrected chi connectivity index (χ1v) is 8.68. The zero-order valence-corrected chi connectivity index (χ0v) is 13.7. The van der Waals surface area contributed by atoms with Crippen molar-refractivity contribution in [1.29, 1.82) is 0 Å². The first-order valence-electron chi connectivity index (χ1n) is 5.21. The van der Waals surface area contributed by atoms with Crippen LogP contribution in [-0.2, 0) is 10.0 Å². The van der Waals surface area contributed by atoms with E-state index in [0.29, 0.717) is 14.4 Å². The number of carbonyl (C=O) groups excluding carboxylic acids is 1. The number of hydrazine groups is 1. The molecule has 1 heterocycles. The standard InChI is InChI=1S/C11H8BrClN2O3S2/c12-9-5-6-10(19-9)20(17,18)15-14-11(16)7-1-3-8(13)4-2-7/h1-6,15H,(H,14,16). The number of hydrogen-bond acceptors (Lipinski definition) is 4. The topological polar surface area (TPSA) is 75.3 Å². The Labute approximate surface area is 133 Å². The van der Waals surface area contributed by atoms with Gasteiger partial charge in [-0.25, -0.2) is 8.42 Å². The smallest absolute Gasteiger partial charge is 0.266 e. The number of hydrogen-bond donors (Lipinski definition) is 2. The van der Waals surface area contributed by atoms with Crippen LogP contribution in [0, 0.1) is 0 Å². The van der Waals surface area contributed by atoms with Gasteiger partial charge in [0.1, 0.15) is 4.21 Å². The van der Waals surface area contributed by atoms with E-state index in [1.165, 1.54) is 18.2 Å². The Morgan fingerprint density at radius 1 is 1.15 bits per heavy atom. The molecule has 0 unspecified atom stereocenters. The SMILES string of the molecule is O=C(NNS(=O)(=O)c1ccc(Br)s1)c1ccc(Cl)cc1. The molecule has 0 radical (unpaired) electrons. The zero-order chi connectivity index (χ0) is 14.8. The van der Waals surface area contributed by atoms with E-state index in [1.807, 2.05) is 4.83 Å². The van der Waals surface area contributed by atoms with Crippen molar-refractivity contribution < 1.29 is 13.2 Å². The maximum atomic E-state index is 11.9. The molecule has 0 aliphatic heterocycles. The molecule has 2 rings (SSSR count). The molecule has 0 aliphatic rings. The van der Waals surface area contributed by atoms with Crippen LogP contribution in [0.1, 0.15) is 10.4 Å². The van der Waals surface area contributed by atoms with Crippen LogP contribution in [0.5, 0.6) is 0 Å². The van der Waals surface area contributed by atoms with E-state index >= 15 is 0 Å². The lowest BCUT2D eigenvalue weighted by molar-refractivity contribution is 0.0945. The van der Waals surface area contributed by atoms with Gasteiger partial charge >= 0.3 is 0 Å². The van der Waals surface area contributed by atoms with E-state index in [-0.39, 0.29) is 4.21 Å². The third-order valence-electron chi connectivity index (χ3n) is 2.22. The van der Waals surface area contributed by atoms with Gasteiger partial charge in [0.25, 0.3) is 15.9 Å². The highest BCUT2D eigenvalue weighted by molar-refractivity contribution is 9.11. The first kappa shape index (κ1) is 15.5. The van der Waals surface area contributed by atoms with Crippen molar-refractivity contribution in [2.75, 3.05) is 0 Å². The molecule has 106 valence electrons. The Balaban J connectivity index is 2.05. The molecule has 0 bridgehead atoms. The number of nitrogens with one attached hydrogen (secondary N) is 2. The molecule has 20 heavy (non-hydrogen) atoms. The predicted molar refractivity (Wildman–Crippen MR) is 81.3 cm³/mol. The molecular formula is C11H8BrClN2O3S2. The van der Waals surface area contributed by atoms with Crippen molar-refractivity contribution in [2.24, 2.45) is 0 Å². The first-order chi connectivity index (χ1) is 9.38. The molecule has 0 saturated heterocycles. The van der Waals surface area contributed by atoms with E-state index in [0.717, 1.165) is 11.3 Å². The summed E-state index contributed by atoms with van der Waals surface area (Å²) in [6, 6.07) is 9.12. The van der Waals surface area contributed by atoms with E-state index < -0.39 is 15.9 Å². The molecule has 1 amide bonds. The summed E-state index contributed by atoms with van der Waals surface area (Å²) in [6.07, 6.45) is 0. The number of thiophene rings is 1. The van der Waals surface area contributed by atoms with E-state index in [9.17, 15) is 13.2 Å². The van der Waals surface area contributed by atoms with Crippen LogP contribution < -0.4 is 10.3 Å². The summed E-state index contributed by atoms with van der Waals surface area (Å²) in [5.74, 6) is -0.569. The van der Waals surface area contributed by atoms with Gasteiger partial charge in [-0.1, -0.05) is 11.6 Å². The highest BCUT2D eigenvalue weighted by Gasteiger charge is 2.17. The Bertz CT molecular complexity index is 728. The van der Waals surface area contributed by atoms with Crippen LogP contribution in [0.3, 0.4) is 0 Å². The molecule has 0 saturated carbocycles. The molecule has 2 N–H and O–H groups in total. The van der Waals surface area contributed by atoms with Crippen LogP contribution in [0.25, 0.3) is 0 Å². The molecule has 0 atom stereocenters. The zero-order valence-electron chi connectivity index (χ0n) is 9.76. The number of rotatable bonds is 4. The van der Waals surface area contributed by atoms with Crippen LogP contribution in [0.4, 0.5) is 0 Å². The third kappa shape index (κ3) is 3.80. The Morgan fingerprint density at radius 3 is 2.35 bits per heavy atom. The van der Waals surface area contributed by atoms with Gasteiger partial charge in [0.15, 0.2) is 0 Å². The average Bonchev–Trinajstić information content (AvgIpc) is 2.84. The fourth-order valence-electron chi connectivity index (χ4n) is 1.28. The molecule has 2 aromatic rings. The normalized spacial score (nSPS) is 11.3. The van der Waals surface area contributed by atoms with Crippen LogP contribution in [0.2, 0.25) is 5.02 Å². The minimum Gasteiger partial charge on any atom is -0.273 e. The van der Waals surface area contributed by atoms with Crippen molar-refractivity contribution >= 4 is 54.8 Å². The molecule has 0 spiro atoms. The van der Waals surface area contributed by atoms with Crippen molar-refractivity contribution in [3.8, 4) is 0 Å². The summed E-state index contributed by atoms with van der Waals surface area (Å²) >= 11 is 9.92. The predicted octanol–water partition coefficient (Wildman–Crippen LogP) is 2.79. The minimum absolute atomic E-state index is 0.0979. The summed E-state index contributed by atoms with van der Waals surface area (Å²) in [5, 5.41) is 0.491. The van der Waals surface area contributed by atoms with Crippen LogP contribution in [-0.4, -0.2) is 14.3 Å². The number of amides is 1. The quantitative estimate of drug-likeness (QED) is 0.782. The molecule has 1 aromatic carbocycles. The second-order valence-electron chi connectivity index (χ2n) is 3.63. The Hall–Kier alpha value is -0.930. The molecule has 5 nitrogen and oxygen atoms in total. The highest BCUT2D eigenvalue weighted by Crippen LogP contribution is 2.25. The van der Waals surface area contributed by atoms with Gasteiger partial charge < -0.3 is 0 Å². The summed E-state index contributed by atoms with van der Waals surface area (Å²) in [4.78, 5) is 13.8. The van der Waals surface area contributed by atoms with Gasteiger partial charge in [-0.3, -0.25) is 10.2 Å². The molecular weight excluding hydrogens is 388 g/mol. The lowest BCUT2D eigenvalue weighted by Gasteiger charge is -2.06. The molecule has 0 fully saturated rings. The summed E-state index contributed by atoms with van der Waals surface area (Å²) in [6.45, 7) is 0. The Kier molecular flexibility index (Phi) is 4.82. The van der Waals surface area contributed by atoms with Crippen molar-refractivity contribution in [1.82, 2.24) is 10.3 Å². The largest absolute Gasteiger partial charge is 0.273 e. The second-order valence-corrected chi connectivity index (χ2v) is 8.43. The van der Waals surface area contributed by atoms with Crippen molar-refractivity contribution in [3.05, 3.63) is 50.8 Å². The lowest BCUT2D eigenvalue weighted by Crippen LogP contribution is -2.41. The van der Waals surface area contributed by atoms with Gasteiger partial charge in [0.05, 0.1) is 3.79 Å². The van der Waals surface area contributed by atoms with Crippen LogP contribution in [0.15, 0.2) is 44.4 Å². The monoisotopic (exact) mass is 394 g/mol. The van der Waals surface area contributed by atoms with Gasteiger partial charge in [0, 0.05) is 10.6 Å². The lowest BCUT2D eigenvalue weighted by atomic mass is 10.2. The number of carbonyl (C=O) groups is 1. The summed E-state index contributed by atoms with van der Waals surface area (Å²) in [7, 11) is -3.77. The number of halogens is 2. The summed E-state index contributed by atoms with van der Waals surface area (Å²) < 4.78 is 24.5. The Morgan fingerprint density at radius 2 is 1.80 bits per heavy atom. The van der Waals surface area contributed by atoms with E-state index in [1.54, 1.807) is 18.2 Å². The fourth-order valence-corrected chi connectivity index (χ4v) is 4.25. The number of benzene rings is 1. The third-order valence-corrected chi connectivity index (χ3v) is 5.83. The molecule has 1 aromatic heterocycles. The van der Waals surface area contributed by atoms with Crippen molar-refractivity contribution in [2.45, 2.75) is 4.21 Å². The minimum atomic E-state index is -3.77. The van der Waals surface area contributed by atoms with Crippen LogP contribution >= 0.6 is 38.9 Å². The fraction of sp³-hybridized carbons (Fsp3) is 0.